The Morgan fingerprint density at radius 1 is 1.56 bits per heavy atom. The van der Waals surface area contributed by atoms with E-state index >= 15 is 0 Å². The zero-order valence-electron chi connectivity index (χ0n) is 10.6. The van der Waals surface area contributed by atoms with Crippen LogP contribution < -0.4 is 10.5 Å². The molecule has 0 amide bonds. The molecule has 1 heterocycles. The molecule has 0 aliphatic heterocycles. The maximum Gasteiger partial charge on any atom is 0.242 e. The molecular weight excluding hydrogens is 254 g/mol. The molecule has 18 heavy (non-hydrogen) atoms. The minimum Gasteiger partial charge on any atom is -0.384 e. The fourth-order valence-corrected chi connectivity index (χ4v) is 2.86. The molecule has 0 aromatic carbocycles. The summed E-state index contributed by atoms with van der Waals surface area (Å²) in [5.74, 6) is 0.0998. The molecule has 0 aliphatic carbocycles. The molecule has 1 atom stereocenters. The van der Waals surface area contributed by atoms with Gasteiger partial charge in [0.1, 0.15) is 4.90 Å². The van der Waals surface area contributed by atoms with E-state index in [1.807, 2.05) is 6.92 Å². The highest BCUT2D eigenvalue weighted by Crippen LogP contribution is 2.12. The Morgan fingerprint density at radius 2 is 2.28 bits per heavy atom. The van der Waals surface area contributed by atoms with Crippen molar-refractivity contribution >= 4 is 10.0 Å². The third-order valence-electron chi connectivity index (χ3n) is 2.40. The van der Waals surface area contributed by atoms with E-state index in [9.17, 15) is 8.42 Å². The minimum atomic E-state index is -3.56. The van der Waals surface area contributed by atoms with E-state index in [1.165, 1.54) is 12.3 Å². The van der Waals surface area contributed by atoms with Gasteiger partial charge in [-0.2, -0.15) is 0 Å². The number of pyridine rings is 1. The fraction of sp³-hybridized carbons (Fsp3) is 0.545. The summed E-state index contributed by atoms with van der Waals surface area (Å²) in [7, 11) is -1.98. The Labute approximate surface area is 108 Å². The van der Waals surface area contributed by atoms with Crippen molar-refractivity contribution in [2.45, 2.75) is 18.4 Å². The molecule has 0 spiro atoms. The highest BCUT2D eigenvalue weighted by atomic mass is 32.2. The van der Waals surface area contributed by atoms with Crippen LogP contribution >= 0.6 is 0 Å². The minimum absolute atomic E-state index is 0.0880. The van der Waals surface area contributed by atoms with E-state index < -0.39 is 10.0 Å². The molecule has 1 unspecified atom stereocenters. The summed E-state index contributed by atoms with van der Waals surface area (Å²) in [6, 6.07) is 3.07. The summed E-state index contributed by atoms with van der Waals surface area (Å²) in [5, 5.41) is 0. The maximum atomic E-state index is 12.1. The van der Waals surface area contributed by atoms with E-state index in [1.54, 1.807) is 13.2 Å². The molecule has 102 valence electrons. The second kappa shape index (κ2) is 6.79. The average molecular weight is 273 g/mol. The molecule has 3 N–H and O–H groups in total. The number of ether oxygens (including phenoxy) is 1. The molecule has 0 saturated heterocycles. The van der Waals surface area contributed by atoms with Gasteiger partial charge in [-0.25, -0.2) is 13.1 Å². The molecule has 1 rings (SSSR count). The predicted octanol–water partition coefficient (Wildman–Crippen LogP) is 0.101. The summed E-state index contributed by atoms with van der Waals surface area (Å²) in [5.41, 5.74) is 5.84. The van der Waals surface area contributed by atoms with Crippen LogP contribution in [-0.2, 0) is 21.3 Å². The van der Waals surface area contributed by atoms with Gasteiger partial charge >= 0.3 is 0 Å². The largest absolute Gasteiger partial charge is 0.384 e. The second-order valence-electron chi connectivity index (χ2n) is 4.06. The monoisotopic (exact) mass is 273 g/mol. The quantitative estimate of drug-likeness (QED) is 0.735. The van der Waals surface area contributed by atoms with Gasteiger partial charge in [0.25, 0.3) is 0 Å². The molecule has 1 aromatic heterocycles. The van der Waals surface area contributed by atoms with E-state index in [-0.39, 0.29) is 17.4 Å². The van der Waals surface area contributed by atoms with Crippen LogP contribution in [0.1, 0.15) is 12.6 Å². The number of nitrogens with zero attached hydrogens (tertiary/aromatic N) is 1. The van der Waals surface area contributed by atoms with Crippen molar-refractivity contribution in [1.29, 1.82) is 0 Å². The van der Waals surface area contributed by atoms with Crippen LogP contribution in [0, 0.1) is 5.92 Å². The van der Waals surface area contributed by atoms with Crippen LogP contribution in [0.25, 0.3) is 0 Å². The van der Waals surface area contributed by atoms with E-state index in [2.05, 4.69) is 9.71 Å². The van der Waals surface area contributed by atoms with Gasteiger partial charge in [-0.15, -0.1) is 0 Å². The first-order valence-corrected chi connectivity index (χ1v) is 7.12. The van der Waals surface area contributed by atoms with Gasteiger partial charge in [0.2, 0.25) is 10.0 Å². The van der Waals surface area contributed by atoms with Gasteiger partial charge in [0, 0.05) is 33.0 Å². The number of hydrogen-bond donors (Lipinski definition) is 2. The number of methoxy groups -OCH3 is 1. The summed E-state index contributed by atoms with van der Waals surface area (Å²) in [6.45, 7) is 2.80. The van der Waals surface area contributed by atoms with Crippen molar-refractivity contribution < 1.29 is 13.2 Å². The summed E-state index contributed by atoms with van der Waals surface area (Å²) in [6.07, 6.45) is 1.52. The van der Waals surface area contributed by atoms with Crippen LogP contribution in [0.3, 0.4) is 0 Å². The normalized spacial score (nSPS) is 13.5. The number of rotatable bonds is 7. The summed E-state index contributed by atoms with van der Waals surface area (Å²) >= 11 is 0. The first-order chi connectivity index (χ1) is 8.51. The lowest BCUT2D eigenvalue weighted by Gasteiger charge is -2.13. The Bertz CT molecular complexity index is 476. The van der Waals surface area contributed by atoms with Crippen molar-refractivity contribution in [3.63, 3.8) is 0 Å². The molecule has 0 fully saturated rings. The number of sulfonamides is 1. The van der Waals surface area contributed by atoms with Gasteiger partial charge in [-0.3, -0.25) is 4.98 Å². The summed E-state index contributed by atoms with van der Waals surface area (Å²) < 4.78 is 31.6. The van der Waals surface area contributed by atoms with E-state index in [0.29, 0.717) is 18.8 Å². The van der Waals surface area contributed by atoms with Crippen molar-refractivity contribution in [1.82, 2.24) is 9.71 Å². The highest BCUT2D eigenvalue weighted by Gasteiger charge is 2.18. The zero-order valence-corrected chi connectivity index (χ0v) is 11.4. The first kappa shape index (κ1) is 15.0. The van der Waals surface area contributed by atoms with Crippen LogP contribution in [0.2, 0.25) is 0 Å². The fourth-order valence-electron chi connectivity index (χ4n) is 1.49. The van der Waals surface area contributed by atoms with Crippen molar-refractivity contribution in [3.8, 4) is 0 Å². The third kappa shape index (κ3) is 4.02. The van der Waals surface area contributed by atoms with Gasteiger partial charge < -0.3 is 10.5 Å². The predicted molar refractivity (Wildman–Crippen MR) is 68.4 cm³/mol. The number of nitrogens with two attached hydrogens (primary N) is 1. The molecular formula is C11H19N3O3S. The number of aromatic nitrogens is 1. The molecule has 0 aliphatic rings. The van der Waals surface area contributed by atoms with Gasteiger partial charge in [-0.05, 0) is 18.1 Å². The average Bonchev–Trinajstić information content (AvgIpc) is 2.37. The van der Waals surface area contributed by atoms with Crippen LogP contribution in [-0.4, -0.2) is 33.7 Å². The molecule has 0 radical (unpaired) electrons. The van der Waals surface area contributed by atoms with Crippen LogP contribution in [0.5, 0.6) is 0 Å². The number of nitrogens with one attached hydrogen (secondary N) is 1. The number of hydrogen-bond acceptors (Lipinski definition) is 5. The zero-order chi connectivity index (χ0) is 13.6. The van der Waals surface area contributed by atoms with Crippen molar-refractivity contribution in [2.24, 2.45) is 11.7 Å². The van der Waals surface area contributed by atoms with Crippen molar-refractivity contribution in [2.75, 3.05) is 20.3 Å². The molecule has 0 saturated carbocycles. The molecule has 6 nitrogen and oxygen atoms in total. The Morgan fingerprint density at radius 3 is 2.89 bits per heavy atom. The SMILES string of the molecule is COCC(C)CNS(=O)(=O)c1cccnc1CN. The maximum absolute atomic E-state index is 12.1. The molecule has 1 aromatic rings. The van der Waals surface area contributed by atoms with Gasteiger partial charge in [0.05, 0.1) is 5.69 Å². The van der Waals surface area contributed by atoms with Crippen LogP contribution in [0.4, 0.5) is 0 Å². The third-order valence-corrected chi connectivity index (χ3v) is 3.90. The lowest BCUT2D eigenvalue weighted by molar-refractivity contribution is 0.161. The lowest BCUT2D eigenvalue weighted by atomic mass is 10.2. The standard InChI is InChI=1S/C11H19N3O3S/c1-9(8-17-2)7-14-18(15,16)11-4-3-5-13-10(11)6-12/h3-5,9,14H,6-8,12H2,1-2H3. The first-order valence-electron chi connectivity index (χ1n) is 5.63. The van der Waals surface area contributed by atoms with Gasteiger partial charge in [0.15, 0.2) is 0 Å². The Kier molecular flexibility index (Phi) is 5.67. The van der Waals surface area contributed by atoms with Crippen molar-refractivity contribution in [3.05, 3.63) is 24.0 Å². The molecule has 7 heteroatoms. The summed E-state index contributed by atoms with van der Waals surface area (Å²) in [4.78, 5) is 4.09. The second-order valence-corrected chi connectivity index (χ2v) is 5.80. The smallest absolute Gasteiger partial charge is 0.242 e. The highest BCUT2D eigenvalue weighted by molar-refractivity contribution is 7.89. The molecule has 0 bridgehead atoms. The topological polar surface area (TPSA) is 94.3 Å². The van der Waals surface area contributed by atoms with E-state index in [0.717, 1.165) is 0 Å². The lowest BCUT2D eigenvalue weighted by Crippen LogP contribution is -2.31. The van der Waals surface area contributed by atoms with E-state index in [4.69, 9.17) is 10.5 Å². The Hall–Kier alpha value is -1.02. The Balaban J connectivity index is 2.80. The van der Waals surface area contributed by atoms with Crippen LogP contribution in [0.15, 0.2) is 23.2 Å². The van der Waals surface area contributed by atoms with Gasteiger partial charge in [-0.1, -0.05) is 6.92 Å².